The number of rotatable bonds is 7. The minimum absolute atomic E-state index is 0.323. The second kappa shape index (κ2) is 8.56. The van der Waals surface area contributed by atoms with Gasteiger partial charge >= 0.3 is 0 Å². The molecule has 1 spiro atoms. The second-order valence-corrected chi connectivity index (χ2v) is 9.12. The quantitative estimate of drug-likeness (QED) is 0.574. The van der Waals surface area contributed by atoms with Gasteiger partial charge in [0.1, 0.15) is 12.4 Å². The van der Waals surface area contributed by atoms with Crippen molar-refractivity contribution in [2.45, 2.75) is 6.42 Å². The van der Waals surface area contributed by atoms with Gasteiger partial charge in [-0.15, -0.1) is 0 Å². The molecule has 1 aromatic carbocycles. The van der Waals surface area contributed by atoms with Crippen molar-refractivity contribution in [1.82, 2.24) is 15.3 Å². The lowest BCUT2D eigenvalue weighted by atomic mass is 9.85. The molecule has 7 heteroatoms. The number of nitrogens with one attached hydrogen (secondary N) is 1. The van der Waals surface area contributed by atoms with Crippen LogP contribution in [0.4, 0.5) is 11.4 Å². The molecule has 0 unspecified atom stereocenters. The van der Waals surface area contributed by atoms with Crippen molar-refractivity contribution < 1.29 is 9.47 Å². The molecule has 2 saturated heterocycles. The summed E-state index contributed by atoms with van der Waals surface area (Å²) in [6, 6.07) is 12.7. The normalized spacial score (nSPS) is 17.0. The van der Waals surface area contributed by atoms with E-state index in [-0.39, 0.29) is 0 Å². The van der Waals surface area contributed by atoms with Gasteiger partial charge in [0.2, 0.25) is 0 Å². The van der Waals surface area contributed by atoms with Gasteiger partial charge in [-0.25, -0.2) is 4.98 Å². The highest BCUT2D eigenvalue weighted by molar-refractivity contribution is 5.96. The third kappa shape index (κ3) is 3.98. The number of aromatic nitrogens is 2. The predicted octanol–water partition coefficient (Wildman–Crippen LogP) is 3.19. The standard InChI is InChI=1S/C25H31N5O2/c1-26-9-11-32-19-5-7-21(27-14-19)23-13-24(30-10-8-25(15-30)16-31-17-25)20-6-4-18(29(2)3)12-22(20)28-23/h4-7,12-14,26H,8-11,15-17H2,1-3H3. The van der Waals surface area contributed by atoms with Crippen LogP contribution >= 0.6 is 0 Å². The Kier molecular flexibility index (Phi) is 5.61. The van der Waals surface area contributed by atoms with Gasteiger partial charge in [0.05, 0.1) is 36.3 Å². The molecule has 2 aliphatic rings. The van der Waals surface area contributed by atoms with Gasteiger partial charge in [-0.1, -0.05) is 0 Å². The number of fused-ring (bicyclic) bond motifs is 1. The lowest BCUT2D eigenvalue weighted by Gasteiger charge is -2.38. The molecule has 0 amide bonds. The van der Waals surface area contributed by atoms with Crippen LogP contribution in [0.25, 0.3) is 22.3 Å². The van der Waals surface area contributed by atoms with E-state index in [1.807, 2.05) is 19.2 Å². The van der Waals surface area contributed by atoms with Gasteiger partial charge in [-0.2, -0.15) is 0 Å². The summed E-state index contributed by atoms with van der Waals surface area (Å²) in [4.78, 5) is 14.3. The molecule has 2 aliphatic heterocycles. The van der Waals surface area contributed by atoms with Crippen molar-refractivity contribution in [1.29, 1.82) is 0 Å². The Morgan fingerprint density at radius 1 is 1.16 bits per heavy atom. The SMILES string of the molecule is CNCCOc1ccc(-c2cc(N3CCC4(COC4)C3)c3ccc(N(C)C)cc3n2)nc1. The van der Waals surface area contributed by atoms with Crippen LogP contribution in [0, 0.1) is 5.41 Å². The fraction of sp³-hybridized carbons (Fsp3) is 0.440. The second-order valence-electron chi connectivity index (χ2n) is 9.12. The molecule has 0 saturated carbocycles. The number of ether oxygens (including phenoxy) is 2. The van der Waals surface area contributed by atoms with Crippen molar-refractivity contribution >= 4 is 22.3 Å². The predicted molar refractivity (Wildman–Crippen MR) is 129 cm³/mol. The number of hydrogen-bond donors (Lipinski definition) is 1. The van der Waals surface area contributed by atoms with E-state index in [1.165, 1.54) is 17.5 Å². The first-order valence-corrected chi connectivity index (χ1v) is 11.3. The monoisotopic (exact) mass is 433 g/mol. The van der Waals surface area contributed by atoms with E-state index in [9.17, 15) is 0 Å². The topological polar surface area (TPSA) is 62.8 Å². The van der Waals surface area contributed by atoms with Crippen LogP contribution < -0.4 is 19.9 Å². The summed E-state index contributed by atoms with van der Waals surface area (Å²) < 4.78 is 11.3. The third-order valence-corrected chi connectivity index (χ3v) is 6.50. The lowest BCUT2D eigenvalue weighted by Crippen LogP contribution is -2.44. The minimum Gasteiger partial charge on any atom is -0.491 e. The number of pyridine rings is 2. The van der Waals surface area contributed by atoms with E-state index in [1.54, 1.807) is 6.20 Å². The zero-order chi connectivity index (χ0) is 22.1. The van der Waals surface area contributed by atoms with Crippen LogP contribution in [0.2, 0.25) is 0 Å². The van der Waals surface area contributed by atoms with Crippen molar-refractivity contribution in [3.8, 4) is 17.1 Å². The fourth-order valence-corrected chi connectivity index (χ4v) is 4.52. The van der Waals surface area contributed by atoms with Crippen molar-refractivity contribution in [2.75, 3.05) is 70.4 Å². The molecule has 2 fully saturated rings. The zero-order valence-electron chi connectivity index (χ0n) is 19.1. The minimum atomic E-state index is 0.323. The van der Waals surface area contributed by atoms with E-state index in [0.717, 1.165) is 61.2 Å². The van der Waals surface area contributed by atoms with Gasteiger partial charge < -0.3 is 24.6 Å². The number of hydrogen-bond acceptors (Lipinski definition) is 7. The first-order valence-electron chi connectivity index (χ1n) is 11.3. The number of anilines is 2. The summed E-state index contributed by atoms with van der Waals surface area (Å²) in [5.74, 6) is 0.770. The molecule has 3 aromatic rings. The Hall–Kier alpha value is -2.90. The molecule has 0 bridgehead atoms. The van der Waals surface area contributed by atoms with Gasteiger partial charge in [0.15, 0.2) is 0 Å². The van der Waals surface area contributed by atoms with Crippen LogP contribution in [0.1, 0.15) is 6.42 Å². The maximum Gasteiger partial charge on any atom is 0.137 e. The van der Waals surface area contributed by atoms with E-state index < -0.39 is 0 Å². The molecule has 2 aromatic heterocycles. The number of likely N-dealkylation sites (N-methyl/N-ethyl adjacent to an activating group) is 1. The molecule has 0 atom stereocenters. The molecule has 0 aliphatic carbocycles. The van der Waals surface area contributed by atoms with Gasteiger partial charge in [0.25, 0.3) is 0 Å². The summed E-state index contributed by atoms with van der Waals surface area (Å²) in [6.45, 7) is 5.24. The van der Waals surface area contributed by atoms with Crippen LogP contribution in [0.15, 0.2) is 42.6 Å². The maximum atomic E-state index is 5.73. The Labute approximate surface area is 189 Å². The molecule has 4 heterocycles. The van der Waals surface area contributed by atoms with E-state index in [0.29, 0.717) is 12.0 Å². The van der Waals surface area contributed by atoms with Crippen LogP contribution in [-0.4, -0.2) is 70.6 Å². The van der Waals surface area contributed by atoms with Gasteiger partial charge in [0, 0.05) is 55.9 Å². The summed E-state index contributed by atoms with van der Waals surface area (Å²) in [5, 5.41) is 4.26. The first kappa shape index (κ1) is 21.0. The van der Waals surface area contributed by atoms with Crippen LogP contribution in [0.5, 0.6) is 5.75 Å². The highest BCUT2D eigenvalue weighted by atomic mass is 16.5. The Bertz CT molecular complexity index is 1100. The third-order valence-electron chi connectivity index (χ3n) is 6.50. The van der Waals surface area contributed by atoms with E-state index >= 15 is 0 Å². The van der Waals surface area contributed by atoms with Crippen LogP contribution in [-0.2, 0) is 4.74 Å². The molecule has 168 valence electrons. The molecule has 32 heavy (non-hydrogen) atoms. The van der Waals surface area contributed by atoms with Crippen LogP contribution in [0.3, 0.4) is 0 Å². The average molecular weight is 434 g/mol. The summed E-state index contributed by atoms with van der Waals surface area (Å²) >= 11 is 0. The molecule has 0 radical (unpaired) electrons. The Balaban J connectivity index is 1.52. The molecular formula is C25H31N5O2. The van der Waals surface area contributed by atoms with Gasteiger partial charge in [-0.05, 0) is 49.9 Å². The summed E-state index contributed by atoms with van der Waals surface area (Å²) in [5.41, 5.74) is 5.42. The van der Waals surface area contributed by atoms with Crippen molar-refractivity contribution in [2.24, 2.45) is 5.41 Å². The fourth-order valence-electron chi connectivity index (χ4n) is 4.52. The average Bonchev–Trinajstić information content (AvgIpc) is 3.25. The van der Waals surface area contributed by atoms with Gasteiger partial charge in [-0.3, -0.25) is 4.98 Å². The summed E-state index contributed by atoms with van der Waals surface area (Å²) in [6.07, 6.45) is 2.96. The maximum absolute atomic E-state index is 5.73. The Morgan fingerprint density at radius 2 is 2.03 bits per heavy atom. The van der Waals surface area contributed by atoms with Crippen molar-refractivity contribution in [3.63, 3.8) is 0 Å². The lowest BCUT2D eigenvalue weighted by molar-refractivity contribution is -0.0985. The largest absolute Gasteiger partial charge is 0.491 e. The molecule has 5 rings (SSSR count). The van der Waals surface area contributed by atoms with E-state index in [2.05, 4.69) is 58.5 Å². The summed E-state index contributed by atoms with van der Waals surface area (Å²) in [7, 11) is 6.03. The highest BCUT2D eigenvalue weighted by Gasteiger charge is 2.44. The first-order chi connectivity index (χ1) is 15.6. The highest BCUT2D eigenvalue weighted by Crippen LogP contribution is 2.42. The smallest absolute Gasteiger partial charge is 0.137 e. The molecular weight excluding hydrogens is 402 g/mol. The number of nitrogens with zero attached hydrogens (tertiary/aromatic N) is 4. The van der Waals surface area contributed by atoms with E-state index in [4.69, 9.17) is 14.5 Å². The molecule has 7 nitrogen and oxygen atoms in total. The molecule has 1 N–H and O–H groups in total. The Morgan fingerprint density at radius 3 is 2.69 bits per heavy atom. The number of benzene rings is 1. The van der Waals surface area contributed by atoms with Crippen molar-refractivity contribution in [3.05, 3.63) is 42.6 Å². The zero-order valence-corrected chi connectivity index (χ0v) is 19.1.